The predicted octanol–water partition coefficient (Wildman–Crippen LogP) is 4.25. The molecular formula is C22H27NO4. The summed E-state index contributed by atoms with van der Waals surface area (Å²) in [6, 6.07) is 13.8. The van der Waals surface area contributed by atoms with E-state index in [1.165, 1.54) is 0 Å². The highest BCUT2D eigenvalue weighted by atomic mass is 16.5. The molecule has 0 heterocycles. The van der Waals surface area contributed by atoms with Gasteiger partial charge in [0.25, 0.3) is 5.91 Å². The van der Waals surface area contributed by atoms with Crippen LogP contribution in [0, 0.1) is 0 Å². The average Bonchev–Trinajstić information content (AvgIpc) is 2.61. The number of rotatable bonds is 6. The van der Waals surface area contributed by atoms with E-state index in [-0.39, 0.29) is 23.7 Å². The third-order valence-electron chi connectivity index (χ3n) is 4.32. The van der Waals surface area contributed by atoms with Crippen LogP contribution in [-0.4, -0.2) is 40.1 Å². The molecule has 0 aliphatic carbocycles. The molecule has 144 valence electrons. The lowest BCUT2D eigenvalue weighted by Crippen LogP contribution is -2.47. The summed E-state index contributed by atoms with van der Waals surface area (Å²) in [6.45, 7) is 9.36. The molecule has 1 N–H and O–H groups in total. The topological polar surface area (TPSA) is 66.8 Å². The molecule has 5 heteroatoms. The minimum absolute atomic E-state index is 0.0308. The van der Waals surface area contributed by atoms with Crippen LogP contribution in [0.25, 0.3) is 11.1 Å². The van der Waals surface area contributed by atoms with Gasteiger partial charge in [0.2, 0.25) is 0 Å². The third-order valence-corrected chi connectivity index (χ3v) is 4.32. The number of ether oxygens (including phenoxy) is 1. The van der Waals surface area contributed by atoms with Crippen LogP contribution < -0.4 is 0 Å². The number of aromatic hydroxyl groups is 1. The number of phenolic OH excluding ortho intramolecular Hbond substituents is 1. The molecule has 5 nitrogen and oxygen atoms in total. The minimum atomic E-state index is -0.848. The number of nitrogens with zero attached hydrogens (tertiary/aromatic N) is 1. The maximum atomic E-state index is 12.6. The van der Waals surface area contributed by atoms with Crippen LogP contribution in [0.3, 0.4) is 0 Å². The van der Waals surface area contributed by atoms with Crippen molar-refractivity contribution in [2.24, 2.45) is 0 Å². The first kappa shape index (κ1) is 20.5. The van der Waals surface area contributed by atoms with Gasteiger partial charge in [0, 0.05) is 12.1 Å². The van der Waals surface area contributed by atoms with Gasteiger partial charge in [-0.25, -0.2) is 4.79 Å². The van der Waals surface area contributed by atoms with Gasteiger partial charge in [-0.2, -0.15) is 0 Å². The molecule has 0 radical (unpaired) electrons. The molecule has 1 amide bonds. The fourth-order valence-electron chi connectivity index (χ4n) is 3.05. The van der Waals surface area contributed by atoms with Crippen molar-refractivity contribution in [2.75, 3.05) is 0 Å². The summed E-state index contributed by atoms with van der Waals surface area (Å²) in [6.07, 6.45) is -0.848. The van der Waals surface area contributed by atoms with Gasteiger partial charge >= 0.3 is 5.97 Å². The van der Waals surface area contributed by atoms with Crippen molar-refractivity contribution in [2.45, 2.75) is 52.8 Å². The van der Waals surface area contributed by atoms with Crippen molar-refractivity contribution in [3.05, 3.63) is 54.1 Å². The second-order valence-corrected chi connectivity index (χ2v) is 7.10. The summed E-state index contributed by atoms with van der Waals surface area (Å²) in [5.41, 5.74) is 2.24. The number of phenols is 1. The van der Waals surface area contributed by atoms with Gasteiger partial charge in [0.1, 0.15) is 5.75 Å². The maximum absolute atomic E-state index is 12.6. The van der Waals surface area contributed by atoms with Crippen molar-refractivity contribution in [1.82, 2.24) is 4.90 Å². The lowest BCUT2D eigenvalue weighted by molar-refractivity contribution is -0.143. The third kappa shape index (κ3) is 5.09. The Hall–Kier alpha value is -2.82. The fraction of sp³-hybridized carbons (Fsp3) is 0.364. The average molecular weight is 369 g/mol. The quantitative estimate of drug-likeness (QED) is 0.773. The Labute approximate surface area is 160 Å². The highest BCUT2D eigenvalue weighted by Gasteiger charge is 2.27. The van der Waals surface area contributed by atoms with E-state index in [0.717, 1.165) is 11.1 Å². The van der Waals surface area contributed by atoms with Crippen molar-refractivity contribution in [3.8, 4) is 16.9 Å². The lowest BCUT2D eigenvalue weighted by Gasteiger charge is -2.32. The van der Waals surface area contributed by atoms with Gasteiger partial charge in [0.05, 0.1) is 5.56 Å². The van der Waals surface area contributed by atoms with Crippen LogP contribution in [0.15, 0.2) is 48.5 Å². The fourth-order valence-corrected chi connectivity index (χ4v) is 3.05. The first-order valence-electron chi connectivity index (χ1n) is 9.13. The Morgan fingerprint density at radius 1 is 0.815 bits per heavy atom. The standard InChI is InChI=1S/C22H27NO4/c1-14(2)23(15(3)4)21(25)16(5)27-22(26)19-8-6-17(7-9-19)18-10-12-20(24)13-11-18/h6-16,24H,1-5H3/t16-/m1/s1. The zero-order chi connectivity index (χ0) is 20.1. The van der Waals surface area contributed by atoms with Gasteiger partial charge in [-0.1, -0.05) is 24.3 Å². The normalized spacial score (nSPS) is 12.1. The van der Waals surface area contributed by atoms with Crippen molar-refractivity contribution < 1.29 is 19.4 Å². The summed E-state index contributed by atoms with van der Waals surface area (Å²) in [5.74, 6) is -0.524. The Bertz CT molecular complexity index is 771. The molecule has 2 rings (SSSR count). The first-order chi connectivity index (χ1) is 12.7. The molecule has 0 aliphatic rings. The molecule has 1 atom stereocenters. The van der Waals surface area contributed by atoms with Crippen LogP contribution in [0.4, 0.5) is 0 Å². The van der Waals surface area contributed by atoms with E-state index in [1.54, 1.807) is 48.2 Å². The number of carbonyl (C=O) groups is 2. The molecule has 2 aromatic carbocycles. The van der Waals surface area contributed by atoms with Gasteiger partial charge in [-0.15, -0.1) is 0 Å². The zero-order valence-corrected chi connectivity index (χ0v) is 16.5. The van der Waals surface area contributed by atoms with Crippen LogP contribution in [0.5, 0.6) is 5.75 Å². The van der Waals surface area contributed by atoms with E-state index < -0.39 is 12.1 Å². The summed E-state index contributed by atoms with van der Waals surface area (Å²) < 4.78 is 5.38. The molecule has 0 aliphatic heterocycles. The Morgan fingerprint density at radius 3 is 1.70 bits per heavy atom. The van der Waals surface area contributed by atoms with Crippen LogP contribution in [-0.2, 0) is 9.53 Å². The van der Waals surface area contributed by atoms with E-state index in [4.69, 9.17) is 4.74 Å². The van der Waals surface area contributed by atoms with Gasteiger partial charge in [-0.05, 0) is 70.0 Å². The van der Waals surface area contributed by atoms with E-state index in [9.17, 15) is 14.7 Å². The number of hydrogen-bond acceptors (Lipinski definition) is 4. The molecule has 0 saturated heterocycles. The SMILES string of the molecule is CC(C)N(C(=O)[C@@H](C)OC(=O)c1ccc(-c2ccc(O)cc2)cc1)C(C)C. The molecule has 2 aromatic rings. The van der Waals surface area contributed by atoms with Crippen molar-refractivity contribution >= 4 is 11.9 Å². The van der Waals surface area contributed by atoms with E-state index >= 15 is 0 Å². The number of amides is 1. The Balaban J connectivity index is 2.07. The lowest BCUT2D eigenvalue weighted by atomic mass is 10.0. The minimum Gasteiger partial charge on any atom is -0.508 e. The van der Waals surface area contributed by atoms with Crippen molar-refractivity contribution in [1.29, 1.82) is 0 Å². The van der Waals surface area contributed by atoms with Crippen molar-refractivity contribution in [3.63, 3.8) is 0 Å². The summed E-state index contributed by atoms with van der Waals surface area (Å²) >= 11 is 0. The first-order valence-corrected chi connectivity index (χ1v) is 9.13. The molecule has 0 aromatic heterocycles. The Kier molecular flexibility index (Phi) is 6.61. The Morgan fingerprint density at radius 2 is 1.26 bits per heavy atom. The smallest absolute Gasteiger partial charge is 0.338 e. The predicted molar refractivity (Wildman–Crippen MR) is 106 cm³/mol. The van der Waals surface area contributed by atoms with E-state index in [0.29, 0.717) is 5.56 Å². The summed E-state index contributed by atoms with van der Waals surface area (Å²) in [5, 5.41) is 9.36. The van der Waals surface area contributed by atoms with Gasteiger partial charge in [0.15, 0.2) is 6.10 Å². The number of carbonyl (C=O) groups excluding carboxylic acids is 2. The largest absolute Gasteiger partial charge is 0.508 e. The van der Waals surface area contributed by atoms with Crippen LogP contribution >= 0.6 is 0 Å². The summed E-state index contributed by atoms with van der Waals surface area (Å²) in [4.78, 5) is 26.7. The highest BCUT2D eigenvalue weighted by Crippen LogP contribution is 2.22. The number of esters is 1. The highest BCUT2D eigenvalue weighted by molar-refractivity contribution is 5.92. The summed E-state index contributed by atoms with van der Waals surface area (Å²) in [7, 11) is 0. The molecule has 0 unspecified atom stereocenters. The van der Waals surface area contributed by atoms with Crippen LogP contribution in [0.1, 0.15) is 45.0 Å². The molecule has 0 fully saturated rings. The number of hydrogen-bond donors (Lipinski definition) is 1. The monoisotopic (exact) mass is 369 g/mol. The van der Waals surface area contributed by atoms with Gasteiger partial charge in [-0.3, -0.25) is 4.79 Å². The molecule has 0 spiro atoms. The molecular weight excluding hydrogens is 342 g/mol. The molecule has 27 heavy (non-hydrogen) atoms. The maximum Gasteiger partial charge on any atom is 0.338 e. The zero-order valence-electron chi connectivity index (χ0n) is 16.5. The van der Waals surface area contributed by atoms with E-state index in [2.05, 4.69) is 0 Å². The molecule has 0 saturated carbocycles. The number of benzene rings is 2. The van der Waals surface area contributed by atoms with Crippen LogP contribution in [0.2, 0.25) is 0 Å². The van der Waals surface area contributed by atoms with Gasteiger partial charge < -0.3 is 14.7 Å². The van der Waals surface area contributed by atoms with E-state index in [1.807, 2.05) is 39.8 Å². The molecule has 0 bridgehead atoms. The second-order valence-electron chi connectivity index (χ2n) is 7.10. The second kappa shape index (κ2) is 8.71.